The first-order valence-electron chi connectivity index (χ1n) is 6.89. The van der Waals surface area contributed by atoms with Gasteiger partial charge in [0.1, 0.15) is 0 Å². The molecule has 0 amide bonds. The maximum Gasteiger partial charge on any atom is 0.0786 e. The highest BCUT2D eigenvalue weighted by atomic mass is 16.5. The third-order valence-corrected chi connectivity index (χ3v) is 3.68. The number of benzene rings is 1. The monoisotopic (exact) mass is 247 g/mol. The van der Waals surface area contributed by atoms with Gasteiger partial charge >= 0.3 is 0 Å². The van der Waals surface area contributed by atoms with Gasteiger partial charge in [-0.05, 0) is 32.8 Å². The molecule has 0 aliphatic carbocycles. The highest BCUT2D eigenvalue weighted by molar-refractivity contribution is 5.14. The van der Waals surface area contributed by atoms with Gasteiger partial charge < -0.3 is 4.74 Å². The Morgan fingerprint density at radius 1 is 1.11 bits per heavy atom. The molecule has 1 fully saturated rings. The highest BCUT2D eigenvalue weighted by Crippen LogP contribution is 2.31. The number of hydrogen-bond acceptors (Lipinski definition) is 2. The second-order valence-corrected chi connectivity index (χ2v) is 6.30. The average Bonchev–Trinajstić information content (AvgIpc) is 2.27. The molecule has 0 radical (unpaired) electrons. The predicted molar refractivity (Wildman–Crippen MR) is 75.6 cm³/mol. The van der Waals surface area contributed by atoms with Crippen molar-refractivity contribution in [1.82, 2.24) is 4.90 Å². The van der Waals surface area contributed by atoms with Gasteiger partial charge in [-0.2, -0.15) is 0 Å². The van der Waals surface area contributed by atoms with E-state index in [9.17, 15) is 0 Å². The Kier molecular flexibility index (Phi) is 3.79. The molecule has 0 N–H and O–H groups in total. The lowest BCUT2D eigenvalue weighted by atomic mass is 9.94. The van der Waals surface area contributed by atoms with Gasteiger partial charge in [-0.1, -0.05) is 37.3 Å². The van der Waals surface area contributed by atoms with Crippen LogP contribution >= 0.6 is 0 Å². The van der Waals surface area contributed by atoms with Crippen molar-refractivity contribution >= 4 is 0 Å². The lowest BCUT2D eigenvalue weighted by molar-refractivity contribution is -0.191. The number of rotatable bonds is 3. The van der Waals surface area contributed by atoms with Crippen molar-refractivity contribution in [2.24, 2.45) is 0 Å². The molecule has 2 heteroatoms. The number of hydrogen-bond donors (Lipinski definition) is 0. The molecule has 0 aromatic heterocycles. The molecule has 1 aromatic rings. The third kappa shape index (κ3) is 3.33. The Morgan fingerprint density at radius 2 is 1.78 bits per heavy atom. The first-order valence-corrected chi connectivity index (χ1v) is 6.89. The maximum atomic E-state index is 6.24. The number of morpholine rings is 1. The van der Waals surface area contributed by atoms with Crippen LogP contribution in [0, 0.1) is 0 Å². The lowest BCUT2D eigenvalue weighted by Crippen LogP contribution is -2.57. The predicted octanol–water partition coefficient (Wildman–Crippen LogP) is 3.47. The molecule has 2 nitrogen and oxygen atoms in total. The summed E-state index contributed by atoms with van der Waals surface area (Å²) in [6.45, 7) is 11.9. The van der Waals surface area contributed by atoms with Crippen LogP contribution in [0.5, 0.6) is 0 Å². The van der Waals surface area contributed by atoms with Crippen LogP contribution in [0.4, 0.5) is 0 Å². The molecule has 1 atom stereocenters. The van der Waals surface area contributed by atoms with Crippen LogP contribution in [0.15, 0.2) is 30.3 Å². The average molecular weight is 247 g/mol. The van der Waals surface area contributed by atoms with Crippen LogP contribution in [-0.2, 0) is 11.3 Å². The van der Waals surface area contributed by atoms with Crippen molar-refractivity contribution in [2.75, 3.05) is 13.1 Å². The molecule has 1 aliphatic heterocycles. The van der Waals surface area contributed by atoms with Crippen LogP contribution in [0.1, 0.15) is 39.7 Å². The van der Waals surface area contributed by atoms with E-state index in [1.54, 1.807) is 0 Å². The second-order valence-electron chi connectivity index (χ2n) is 6.30. The Bertz CT molecular complexity index is 387. The van der Waals surface area contributed by atoms with E-state index < -0.39 is 0 Å². The molecule has 18 heavy (non-hydrogen) atoms. The van der Waals surface area contributed by atoms with Crippen molar-refractivity contribution in [1.29, 1.82) is 0 Å². The SMILES string of the molecule is CCC1(C)CN(Cc2ccccc2)CC(C)(C)O1. The quantitative estimate of drug-likeness (QED) is 0.811. The summed E-state index contributed by atoms with van der Waals surface area (Å²) < 4.78 is 6.24. The fourth-order valence-corrected chi connectivity index (χ4v) is 2.94. The third-order valence-electron chi connectivity index (χ3n) is 3.68. The molecule has 1 unspecified atom stereocenters. The van der Waals surface area contributed by atoms with Crippen LogP contribution in [0.3, 0.4) is 0 Å². The molecule has 100 valence electrons. The van der Waals surface area contributed by atoms with Crippen molar-refractivity contribution in [3.63, 3.8) is 0 Å². The standard InChI is InChI=1S/C16H25NO/c1-5-16(4)13-17(12-15(2,3)18-16)11-14-9-7-6-8-10-14/h6-10H,5,11-13H2,1-4H3. The minimum Gasteiger partial charge on any atom is -0.367 e. The van der Waals surface area contributed by atoms with Gasteiger partial charge in [0.05, 0.1) is 11.2 Å². The molecule has 0 bridgehead atoms. The highest BCUT2D eigenvalue weighted by Gasteiger charge is 2.39. The summed E-state index contributed by atoms with van der Waals surface area (Å²) in [6.07, 6.45) is 1.06. The molecule has 1 heterocycles. The fraction of sp³-hybridized carbons (Fsp3) is 0.625. The van der Waals surface area contributed by atoms with Crippen LogP contribution in [0.25, 0.3) is 0 Å². The molecule has 1 saturated heterocycles. The van der Waals surface area contributed by atoms with Crippen molar-refractivity contribution in [3.05, 3.63) is 35.9 Å². The summed E-state index contributed by atoms with van der Waals surface area (Å²) in [5.74, 6) is 0. The first kappa shape index (κ1) is 13.6. The van der Waals surface area contributed by atoms with E-state index >= 15 is 0 Å². The minimum atomic E-state index is -0.0577. The van der Waals surface area contributed by atoms with Gasteiger partial charge in [-0.15, -0.1) is 0 Å². The molecule has 0 spiro atoms. The van der Waals surface area contributed by atoms with Gasteiger partial charge in [0.15, 0.2) is 0 Å². The van der Waals surface area contributed by atoms with Gasteiger partial charge in [0.2, 0.25) is 0 Å². The van der Waals surface area contributed by atoms with E-state index in [4.69, 9.17) is 4.74 Å². The summed E-state index contributed by atoms with van der Waals surface area (Å²) in [5, 5.41) is 0. The summed E-state index contributed by atoms with van der Waals surface area (Å²) in [6, 6.07) is 10.7. The smallest absolute Gasteiger partial charge is 0.0786 e. The zero-order valence-electron chi connectivity index (χ0n) is 12.1. The fourth-order valence-electron chi connectivity index (χ4n) is 2.94. The molecule has 0 saturated carbocycles. The van der Waals surface area contributed by atoms with E-state index in [1.165, 1.54) is 5.56 Å². The van der Waals surface area contributed by atoms with E-state index in [-0.39, 0.29) is 11.2 Å². The molecule has 2 rings (SSSR count). The van der Waals surface area contributed by atoms with Gasteiger partial charge in [-0.25, -0.2) is 0 Å². The zero-order valence-corrected chi connectivity index (χ0v) is 12.1. The number of ether oxygens (including phenoxy) is 1. The first-order chi connectivity index (χ1) is 8.42. The van der Waals surface area contributed by atoms with E-state index in [2.05, 4.69) is 62.9 Å². The normalized spacial score (nSPS) is 28.2. The zero-order chi connectivity index (χ0) is 13.2. The summed E-state index contributed by atoms with van der Waals surface area (Å²) in [7, 11) is 0. The Labute approximate surface area is 111 Å². The largest absolute Gasteiger partial charge is 0.367 e. The van der Waals surface area contributed by atoms with Gasteiger partial charge in [0, 0.05) is 19.6 Å². The van der Waals surface area contributed by atoms with Gasteiger partial charge in [-0.3, -0.25) is 4.90 Å². The molecule has 1 aromatic carbocycles. The Hall–Kier alpha value is -0.860. The van der Waals surface area contributed by atoms with Crippen LogP contribution in [0.2, 0.25) is 0 Å². The van der Waals surface area contributed by atoms with Crippen molar-refractivity contribution < 1.29 is 4.74 Å². The summed E-state index contributed by atoms with van der Waals surface area (Å²) in [4.78, 5) is 2.52. The summed E-state index contributed by atoms with van der Waals surface area (Å²) >= 11 is 0. The molecule has 1 aliphatic rings. The molecular weight excluding hydrogens is 222 g/mol. The Balaban J connectivity index is 2.09. The maximum absolute atomic E-state index is 6.24. The summed E-state index contributed by atoms with van der Waals surface area (Å²) in [5.41, 5.74) is 1.31. The number of nitrogens with zero attached hydrogens (tertiary/aromatic N) is 1. The second kappa shape index (κ2) is 5.02. The van der Waals surface area contributed by atoms with Crippen molar-refractivity contribution in [2.45, 2.75) is 51.9 Å². The van der Waals surface area contributed by atoms with E-state index in [0.717, 1.165) is 26.1 Å². The Morgan fingerprint density at radius 3 is 2.39 bits per heavy atom. The topological polar surface area (TPSA) is 12.5 Å². The van der Waals surface area contributed by atoms with Crippen LogP contribution < -0.4 is 0 Å². The van der Waals surface area contributed by atoms with Gasteiger partial charge in [0.25, 0.3) is 0 Å². The molecular formula is C16H25NO. The minimum absolute atomic E-state index is 0.0173. The van der Waals surface area contributed by atoms with E-state index in [1.807, 2.05) is 0 Å². The lowest BCUT2D eigenvalue weighted by Gasteiger charge is -2.48. The van der Waals surface area contributed by atoms with E-state index in [0.29, 0.717) is 0 Å². The van der Waals surface area contributed by atoms with Crippen molar-refractivity contribution in [3.8, 4) is 0 Å². The van der Waals surface area contributed by atoms with Crippen LogP contribution in [-0.4, -0.2) is 29.2 Å².